The zero-order valence-corrected chi connectivity index (χ0v) is 22.9. The molecule has 6 nitrogen and oxygen atoms in total. The summed E-state index contributed by atoms with van der Waals surface area (Å²) in [5, 5.41) is 21.6. The van der Waals surface area contributed by atoms with Crippen molar-refractivity contribution in [2.75, 3.05) is 0 Å². The quantitative estimate of drug-likeness (QED) is 0.320. The van der Waals surface area contributed by atoms with Crippen LogP contribution in [0.2, 0.25) is 0 Å². The van der Waals surface area contributed by atoms with Crippen LogP contribution < -0.4 is 19.7 Å². The number of ether oxygens (including phenoxy) is 2. The molecule has 0 aliphatic carbocycles. The van der Waals surface area contributed by atoms with E-state index in [1.807, 2.05) is 60.7 Å². The first-order chi connectivity index (χ1) is 17.3. The Morgan fingerprint density at radius 3 is 1.19 bits per heavy atom. The van der Waals surface area contributed by atoms with Gasteiger partial charge in [-0.1, -0.05) is 74.5 Å². The molecule has 0 aliphatic heterocycles. The van der Waals surface area contributed by atoms with Crippen molar-refractivity contribution >= 4 is 49.7 Å². The SMILES string of the molecule is CC(C(=O)[O-])c1cccc(Oc2ccccc2)c1.CC(C(=O)[O-])c1cccc(Oc2ccccc2)c1.[Ca+2]. The number of hydrogen-bond acceptors (Lipinski definition) is 6. The van der Waals surface area contributed by atoms with E-state index < -0.39 is 23.8 Å². The van der Waals surface area contributed by atoms with Crippen molar-refractivity contribution in [1.29, 1.82) is 0 Å². The van der Waals surface area contributed by atoms with E-state index in [1.54, 1.807) is 62.4 Å². The summed E-state index contributed by atoms with van der Waals surface area (Å²) in [6.45, 7) is 3.19. The van der Waals surface area contributed by atoms with Gasteiger partial charge < -0.3 is 29.3 Å². The number of carboxylic acids is 2. The van der Waals surface area contributed by atoms with Gasteiger partial charge in [0.25, 0.3) is 0 Å². The van der Waals surface area contributed by atoms with Gasteiger partial charge in [0, 0.05) is 23.8 Å². The maximum Gasteiger partial charge on any atom is 2.00 e. The van der Waals surface area contributed by atoms with E-state index in [0.717, 1.165) is 11.5 Å². The number of carboxylic acid groups (broad SMARTS) is 2. The monoisotopic (exact) mass is 522 g/mol. The first-order valence-corrected chi connectivity index (χ1v) is 11.4. The van der Waals surface area contributed by atoms with Gasteiger partial charge in [-0.25, -0.2) is 0 Å². The van der Waals surface area contributed by atoms with Crippen molar-refractivity contribution < 1.29 is 29.3 Å². The largest absolute Gasteiger partial charge is 2.00 e. The predicted molar refractivity (Wildman–Crippen MR) is 139 cm³/mol. The Balaban J connectivity index is 0.000000253. The fourth-order valence-corrected chi connectivity index (χ4v) is 3.22. The molecule has 0 aliphatic rings. The van der Waals surface area contributed by atoms with Gasteiger partial charge in [-0.15, -0.1) is 0 Å². The number of aliphatic carboxylic acids is 2. The summed E-state index contributed by atoms with van der Waals surface area (Å²) in [5.41, 5.74) is 1.34. The molecule has 7 heteroatoms. The summed E-state index contributed by atoms with van der Waals surface area (Å²) in [6, 6.07) is 32.7. The van der Waals surface area contributed by atoms with Crippen LogP contribution in [-0.4, -0.2) is 49.7 Å². The fourth-order valence-electron chi connectivity index (χ4n) is 3.22. The van der Waals surface area contributed by atoms with Crippen LogP contribution in [0.4, 0.5) is 0 Å². The minimum atomic E-state index is -1.09. The summed E-state index contributed by atoms with van der Waals surface area (Å²) in [7, 11) is 0. The van der Waals surface area contributed by atoms with E-state index in [9.17, 15) is 19.8 Å². The third kappa shape index (κ3) is 9.57. The summed E-state index contributed by atoms with van der Waals surface area (Å²) >= 11 is 0. The minimum Gasteiger partial charge on any atom is -0.550 e. The van der Waals surface area contributed by atoms with Crippen LogP contribution in [0.25, 0.3) is 0 Å². The van der Waals surface area contributed by atoms with Crippen molar-refractivity contribution in [3.8, 4) is 23.0 Å². The topological polar surface area (TPSA) is 98.7 Å². The zero-order valence-electron chi connectivity index (χ0n) is 20.7. The van der Waals surface area contributed by atoms with E-state index in [2.05, 4.69) is 0 Å². The van der Waals surface area contributed by atoms with E-state index in [1.165, 1.54) is 0 Å². The van der Waals surface area contributed by atoms with E-state index in [4.69, 9.17) is 9.47 Å². The second kappa shape index (κ2) is 15.1. The summed E-state index contributed by atoms with van der Waals surface area (Å²) in [4.78, 5) is 21.6. The minimum absolute atomic E-state index is 0. The predicted octanol–water partition coefficient (Wildman–Crippen LogP) is 4.28. The molecule has 4 aromatic rings. The maximum absolute atomic E-state index is 10.8. The van der Waals surface area contributed by atoms with Gasteiger partial charge in [0.1, 0.15) is 23.0 Å². The number of para-hydroxylation sites is 2. The molecule has 0 aromatic heterocycles. The molecule has 4 aromatic carbocycles. The molecule has 0 heterocycles. The first-order valence-electron chi connectivity index (χ1n) is 11.4. The van der Waals surface area contributed by atoms with E-state index >= 15 is 0 Å². The Bertz CT molecular complexity index is 1180. The van der Waals surface area contributed by atoms with Gasteiger partial charge in [-0.05, 0) is 59.7 Å². The molecule has 0 fully saturated rings. The molecule has 2 atom stereocenters. The normalized spacial score (nSPS) is 11.5. The number of hydrogen-bond donors (Lipinski definition) is 0. The van der Waals surface area contributed by atoms with Crippen molar-refractivity contribution in [3.05, 3.63) is 120 Å². The first kappa shape index (κ1) is 29.9. The molecule has 2 unspecified atom stereocenters. The molecule has 37 heavy (non-hydrogen) atoms. The molecule has 0 amide bonds. The molecule has 0 saturated heterocycles. The summed E-state index contributed by atoms with van der Waals surface area (Å²) < 4.78 is 11.3. The van der Waals surface area contributed by atoms with Crippen LogP contribution in [0.15, 0.2) is 109 Å². The van der Waals surface area contributed by atoms with Gasteiger partial charge in [0.2, 0.25) is 0 Å². The molecule has 0 saturated carbocycles. The van der Waals surface area contributed by atoms with Crippen LogP contribution >= 0.6 is 0 Å². The Morgan fingerprint density at radius 1 is 0.541 bits per heavy atom. The van der Waals surface area contributed by atoms with Crippen LogP contribution in [0.5, 0.6) is 23.0 Å². The van der Waals surface area contributed by atoms with Crippen LogP contribution in [0.3, 0.4) is 0 Å². The standard InChI is InChI=1S/2C15H14O3.Ca/c2*1-11(15(16)17)12-6-5-9-14(10-12)18-13-7-3-2-4-8-13;/h2*2-11H,1H3,(H,16,17);/q;;+2/p-2. The molecule has 0 radical (unpaired) electrons. The van der Waals surface area contributed by atoms with E-state index in [-0.39, 0.29) is 37.7 Å². The molecular formula is C30H26CaO6. The molecule has 0 bridgehead atoms. The zero-order chi connectivity index (χ0) is 25.9. The van der Waals surface area contributed by atoms with E-state index in [0.29, 0.717) is 22.6 Å². The van der Waals surface area contributed by atoms with Gasteiger partial charge >= 0.3 is 37.7 Å². The summed E-state index contributed by atoms with van der Waals surface area (Å²) in [5.74, 6) is -0.808. The average molecular weight is 523 g/mol. The number of carbonyl (C=O) groups excluding carboxylic acids is 2. The Hall–Kier alpha value is -3.32. The second-order valence-electron chi connectivity index (χ2n) is 8.06. The second-order valence-corrected chi connectivity index (χ2v) is 8.06. The number of rotatable bonds is 8. The van der Waals surface area contributed by atoms with Crippen LogP contribution in [-0.2, 0) is 9.59 Å². The molecule has 4 rings (SSSR count). The van der Waals surface area contributed by atoms with Crippen molar-refractivity contribution in [1.82, 2.24) is 0 Å². The van der Waals surface area contributed by atoms with Crippen molar-refractivity contribution in [2.45, 2.75) is 25.7 Å². The Labute approximate surface area is 246 Å². The van der Waals surface area contributed by atoms with Gasteiger partial charge in [-0.3, -0.25) is 0 Å². The number of benzene rings is 4. The van der Waals surface area contributed by atoms with Crippen molar-refractivity contribution in [3.63, 3.8) is 0 Å². The third-order valence-corrected chi connectivity index (χ3v) is 5.38. The molecule has 0 N–H and O–H groups in total. The van der Waals surface area contributed by atoms with Gasteiger partial charge in [0.05, 0.1) is 0 Å². The Morgan fingerprint density at radius 2 is 0.865 bits per heavy atom. The third-order valence-electron chi connectivity index (χ3n) is 5.38. The average Bonchev–Trinajstić information content (AvgIpc) is 2.89. The van der Waals surface area contributed by atoms with Gasteiger partial charge in [-0.2, -0.15) is 0 Å². The number of carbonyl (C=O) groups is 2. The molecular weight excluding hydrogens is 496 g/mol. The van der Waals surface area contributed by atoms with Crippen LogP contribution in [0, 0.1) is 0 Å². The summed E-state index contributed by atoms with van der Waals surface area (Å²) in [6.07, 6.45) is 0. The molecule has 0 spiro atoms. The fraction of sp³-hybridized carbons (Fsp3) is 0.133. The van der Waals surface area contributed by atoms with Gasteiger partial charge in [0.15, 0.2) is 0 Å². The van der Waals surface area contributed by atoms with Crippen molar-refractivity contribution in [2.24, 2.45) is 0 Å². The smallest absolute Gasteiger partial charge is 0.550 e. The molecule has 184 valence electrons. The maximum atomic E-state index is 10.8. The Kier molecular flexibility index (Phi) is 12.2. The van der Waals surface area contributed by atoms with Crippen LogP contribution in [0.1, 0.15) is 36.8 Å².